The minimum atomic E-state index is -0.391. The lowest BCUT2D eigenvalue weighted by Gasteiger charge is -2.26. The minimum Gasteiger partial charge on any atom is -0.316 e. The van der Waals surface area contributed by atoms with E-state index in [-0.39, 0.29) is 10.4 Å². The molecule has 98 valence electrons. The number of hydrogen-bond donors (Lipinski definition) is 1. The van der Waals surface area contributed by atoms with Crippen LogP contribution < -0.4 is 5.32 Å². The predicted octanol–water partition coefficient (Wildman–Crippen LogP) is 3.65. The number of hydrogen-bond acceptors (Lipinski definition) is 2. The zero-order valence-electron chi connectivity index (χ0n) is 10.8. The van der Waals surface area contributed by atoms with E-state index in [9.17, 15) is 4.39 Å². The fourth-order valence-corrected chi connectivity index (χ4v) is 1.89. The highest BCUT2D eigenvalue weighted by molar-refractivity contribution is 6.30. The first-order valence-corrected chi connectivity index (χ1v) is 6.38. The quantitative estimate of drug-likeness (QED) is 0.800. The predicted molar refractivity (Wildman–Crippen MR) is 72.2 cm³/mol. The fraction of sp³-hybridized carbons (Fsp3) is 0.500. The molecule has 0 fully saturated rings. The molecule has 2 nitrogen and oxygen atoms in total. The lowest BCUT2D eigenvalue weighted by molar-refractivity contribution is 0.466. The first kappa shape index (κ1) is 14.9. The topological polar surface area (TPSA) is 35.8 Å². The van der Waals surface area contributed by atoms with Crippen molar-refractivity contribution in [1.29, 1.82) is 5.26 Å². The van der Waals surface area contributed by atoms with Crippen LogP contribution in [0.15, 0.2) is 18.2 Å². The van der Waals surface area contributed by atoms with E-state index in [2.05, 4.69) is 25.2 Å². The van der Waals surface area contributed by atoms with Gasteiger partial charge in [-0.2, -0.15) is 5.26 Å². The molecule has 0 aliphatic rings. The van der Waals surface area contributed by atoms with Crippen LogP contribution in [0.3, 0.4) is 0 Å². The van der Waals surface area contributed by atoms with Gasteiger partial charge in [-0.1, -0.05) is 31.5 Å². The second-order valence-electron chi connectivity index (χ2n) is 4.95. The maximum atomic E-state index is 13.1. The summed E-state index contributed by atoms with van der Waals surface area (Å²) in [6.07, 6.45) is 1.41. The fourth-order valence-electron chi connectivity index (χ4n) is 1.71. The maximum Gasteiger partial charge on any atom is 0.141 e. The highest BCUT2D eigenvalue weighted by atomic mass is 35.5. The van der Waals surface area contributed by atoms with Crippen LogP contribution in [0, 0.1) is 17.1 Å². The van der Waals surface area contributed by atoms with Crippen molar-refractivity contribution in [2.75, 3.05) is 13.1 Å². The Balaban J connectivity index is 2.57. The lowest BCUT2D eigenvalue weighted by atomic mass is 9.84. The van der Waals surface area contributed by atoms with Gasteiger partial charge in [0.25, 0.3) is 0 Å². The number of nitrogens with zero attached hydrogens (tertiary/aromatic N) is 1. The Bertz CT molecular complexity index is 438. The smallest absolute Gasteiger partial charge is 0.141 e. The minimum absolute atomic E-state index is 0.121. The largest absolute Gasteiger partial charge is 0.316 e. The molecule has 0 heterocycles. The highest BCUT2D eigenvalue weighted by Gasteiger charge is 2.20. The van der Waals surface area contributed by atoms with Gasteiger partial charge in [-0.15, -0.1) is 0 Å². The van der Waals surface area contributed by atoms with Gasteiger partial charge in [0, 0.05) is 18.4 Å². The Kier molecular flexibility index (Phi) is 5.58. The number of benzene rings is 1. The number of nitrogens with one attached hydrogen (secondary N) is 1. The Morgan fingerprint density at radius 1 is 1.44 bits per heavy atom. The Labute approximate surface area is 113 Å². The first-order chi connectivity index (χ1) is 8.47. The maximum absolute atomic E-state index is 13.1. The van der Waals surface area contributed by atoms with Crippen molar-refractivity contribution in [3.63, 3.8) is 0 Å². The first-order valence-electron chi connectivity index (χ1n) is 6.00. The van der Waals surface area contributed by atoms with E-state index in [0.29, 0.717) is 6.42 Å². The van der Waals surface area contributed by atoms with E-state index in [1.807, 2.05) is 0 Å². The van der Waals surface area contributed by atoms with Crippen molar-refractivity contribution in [2.45, 2.75) is 32.1 Å². The molecule has 1 rings (SSSR count). The molecule has 0 radical (unpaired) electrons. The van der Waals surface area contributed by atoms with Crippen molar-refractivity contribution in [1.82, 2.24) is 5.32 Å². The second-order valence-corrected chi connectivity index (χ2v) is 5.36. The van der Waals surface area contributed by atoms with Gasteiger partial charge in [0.15, 0.2) is 0 Å². The zero-order valence-corrected chi connectivity index (χ0v) is 11.5. The summed E-state index contributed by atoms with van der Waals surface area (Å²) >= 11 is 5.79. The van der Waals surface area contributed by atoms with E-state index < -0.39 is 5.82 Å². The third-order valence-corrected chi connectivity index (χ3v) is 3.20. The van der Waals surface area contributed by atoms with E-state index in [1.54, 1.807) is 12.1 Å². The molecule has 0 unspecified atom stereocenters. The summed E-state index contributed by atoms with van der Waals surface area (Å²) in [5, 5.41) is 11.9. The van der Waals surface area contributed by atoms with Crippen molar-refractivity contribution < 1.29 is 4.39 Å². The molecular formula is C14H18ClFN2. The Hall–Kier alpha value is -1.11. The SMILES string of the molecule is CC(C)(CNCCCC#N)c1ccc(F)c(Cl)c1. The summed E-state index contributed by atoms with van der Waals surface area (Å²) in [6, 6.07) is 6.95. The van der Waals surface area contributed by atoms with E-state index >= 15 is 0 Å². The van der Waals surface area contributed by atoms with Crippen LogP contribution in [0.5, 0.6) is 0 Å². The standard InChI is InChI=1S/C14H18ClFN2/c1-14(2,10-18-8-4-3-7-17)11-5-6-13(16)12(15)9-11/h5-6,9,18H,3-4,8,10H2,1-2H3. The lowest BCUT2D eigenvalue weighted by Crippen LogP contribution is -2.33. The summed E-state index contributed by atoms with van der Waals surface area (Å²) in [7, 11) is 0. The molecule has 1 aromatic carbocycles. The molecule has 1 aromatic rings. The molecule has 0 saturated heterocycles. The number of halogens is 2. The van der Waals surface area contributed by atoms with Crippen molar-refractivity contribution in [3.05, 3.63) is 34.6 Å². The van der Waals surface area contributed by atoms with Crippen LogP contribution >= 0.6 is 11.6 Å². The summed E-state index contributed by atoms with van der Waals surface area (Å²) in [6.45, 7) is 5.73. The molecule has 1 N–H and O–H groups in total. The van der Waals surface area contributed by atoms with Crippen molar-refractivity contribution in [3.8, 4) is 6.07 Å². The Morgan fingerprint density at radius 3 is 2.78 bits per heavy atom. The van der Waals surface area contributed by atoms with Crippen molar-refractivity contribution >= 4 is 11.6 Å². The molecule has 0 spiro atoms. The van der Waals surface area contributed by atoms with Crippen LogP contribution in [0.2, 0.25) is 5.02 Å². The summed E-state index contributed by atoms with van der Waals surface area (Å²) in [4.78, 5) is 0. The van der Waals surface area contributed by atoms with Gasteiger partial charge < -0.3 is 5.32 Å². The molecule has 0 bridgehead atoms. The van der Waals surface area contributed by atoms with Gasteiger partial charge >= 0.3 is 0 Å². The highest BCUT2D eigenvalue weighted by Crippen LogP contribution is 2.26. The van der Waals surface area contributed by atoms with Crippen LogP contribution in [-0.2, 0) is 5.41 Å². The van der Waals surface area contributed by atoms with Crippen LogP contribution in [0.1, 0.15) is 32.3 Å². The molecule has 0 saturated carbocycles. The average molecular weight is 269 g/mol. The molecule has 0 aliphatic heterocycles. The summed E-state index contributed by atoms with van der Waals surface area (Å²) in [5.41, 5.74) is 0.881. The normalized spacial score (nSPS) is 11.3. The molecular weight excluding hydrogens is 251 g/mol. The molecule has 0 aromatic heterocycles. The van der Waals surface area contributed by atoms with Crippen LogP contribution in [-0.4, -0.2) is 13.1 Å². The van der Waals surface area contributed by atoms with Crippen molar-refractivity contribution in [2.24, 2.45) is 0 Å². The second kappa shape index (κ2) is 6.72. The van der Waals surface area contributed by atoms with E-state index in [1.165, 1.54) is 6.07 Å². The third kappa shape index (κ3) is 4.29. The third-order valence-electron chi connectivity index (χ3n) is 2.91. The van der Waals surface area contributed by atoms with Gasteiger partial charge in [-0.3, -0.25) is 0 Å². The van der Waals surface area contributed by atoms with Gasteiger partial charge in [0.05, 0.1) is 11.1 Å². The number of nitriles is 1. The van der Waals surface area contributed by atoms with E-state index in [0.717, 1.165) is 25.1 Å². The molecule has 0 amide bonds. The summed E-state index contributed by atoms with van der Waals surface area (Å²) < 4.78 is 13.1. The van der Waals surface area contributed by atoms with E-state index in [4.69, 9.17) is 16.9 Å². The number of rotatable bonds is 6. The monoisotopic (exact) mass is 268 g/mol. The molecule has 0 aliphatic carbocycles. The van der Waals surface area contributed by atoms with Gasteiger partial charge in [-0.25, -0.2) is 4.39 Å². The van der Waals surface area contributed by atoms with Crippen LogP contribution in [0.25, 0.3) is 0 Å². The van der Waals surface area contributed by atoms with Gasteiger partial charge in [-0.05, 0) is 30.7 Å². The van der Waals surface area contributed by atoms with Gasteiger partial charge in [0.1, 0.15) is 5.82 Å². The molecule has 0 atom stereocenters. The van der Waals surface area contributed by atoms with Gasteiger partial charge in [0.2, 0.25) is 0 Å². The molecule has 4 heteroatoms. The Morgan fingerprint density at radius 2 is 2.17 bits per heavy atom. The number of unbranched alkanes of at least 4 members (excludes halogenated alkanes) is 1. The zero-order chi connectivity index (χ0) is 13.6. The van der Waals surface area contributed by atoms with Crippen LogP contribution in [0.4, 0.5) is 4.39 Å². The average Bonchev–Trinajstić information content (AvgIpc) is 2.32. The summed E-state index contributed by atoms with van der Waals surface area (Å²) in [5.74, 6) is -0.391. The molecule has 18 heavy (non-hydrogen) atoms.